The number of carbonyl (C=O) groups excluding carboxylic acids is 1. The minimum Gasteiger partial charge on any atom is -0.493 e. The molecule has 0 unspecified atom stereocenters. The molecule has 1 aliphatic rings. The van der Waals surface area contributed by atoms with Crippen LogP contribution in [0.2, 0.25) is 0 Å². The summed E-state index contributed by atoms with van der Waals surface area (Å²) in [4.78, 5) is 11.9. The van der Waals surface area contributed by atoms with Gasteiger partial charge in [-0.05, 0) is 17.2 Å². The molecule has 0 spiro atoms. The number of rotatable bonds is 4. The molecular weight excluding hydrogens is 349 g/mol. The maximum Gasteiger partial charge on any atom is 0.340 e. The maximum absolute atomic E-state index is 14.6. The van der Waals surface area contributed by atoms with E-state index < -0.39 is 11.8 Å². The Morgan fingerprint density at radius 3 is 2.78 bits per heavy atom. The van der Waals surface area contributed by atoms with Gasteiger partial charge >= 0.3 is 5.97 Å². The third kappa shape index (κ3) is 3.16. The van der Waals surface area contributed by atoms with Crippen LogP contribution in [-0.2, 0) is 24.6 Å². The quantitative estimate of drug-likeness (QED) is 0.664. The number of nitrogens with zero attached hydrogens (tertiary/aromatic N) is 3. The minimum atomic E-state index is -0.679. The molecule has 2 aromatic carbocycles. The molecule has 2 heterocycles. The SMILES string of the molecule is COC(=O)c1cc(Cc2ccc(-c3cn(C)nn3)cc2)c2c(c1F)CCO2. The number of ether oxygens (including phenoxy) is 2. The summed E-state index contributed by atoms with van der Waals surface area (Å²) in [5.74, 6) is -0.685. The van der Waals surface area contributed by atoms with E-state index in [-0.39, 0.29) is 5.56 Å². The van der Waals surface area contributed by atoms with Crippen molar-refractivity contribution in [2.45, 2.75) is 12.8 Å². The summed E-state index contributed by atoms with van der Waals surface area (Å²) < 4.78 is 26.6. The molecular formula is C20H18FN3O3. The third-order valence-electron chi connectivity index (χ3n) is 4.64. The lowest BCUT2D eigenvalue weighted by Crippen LogP contribution is -2.08. The van der Waals surface area contributed by atoms with Crippen LogP contribution < -0.4 is 4.74 Å². The second-order valence-corrected chi connectivity index (χ2v) is 6.45. The highest BCUT2D eigenvalue weighted by molar-refractivity contribution is 5.90. The molecule has 4 rings (SSSR count). The summed E-state index contributed by atoms with van der Waals surface area (Å²) in [6, 6.07) is 9.41. The molecule has 7 heteroatoms. The van der Waals surface area contributed by atoms with Crippen LogP contribution in [0.3, 0.4) is 0 Å². The van der Waals surface area contributed by atoms with Crippen molar-refractivity contribution in [1.82, 2.24) is 15.0 Å². The Hall–Kier alpha value is -3.22. The monoisotopic (exact) mass is 367 g/mol. The second-order valence-electron chi connectivity index (χ2n) is 6.45. The molecule has 0 aliphatic carbocycles. The molecule has 138 valence electrons. The van der Waals surface area contributed by atoms with Crippen LogP contribution in [-0.4, -0.2) is 34.7 Å². The van der Waals surface area contributed by atoms with E-state index in [0.29, 0.717) is 30.8 Å². The summed E-state index contributed by atoms with van der Waals surface area (Å²) in [6.07, 6.45) is 2.82. The lowest BCUT2D eigenvalue weighted by atomic mass is 9.96. The number of aryl methyl sites for hydroxylation is 1. The molecule has 0 amide bonds. The zero-order chi connectivity index (χ0) is 19.0. The first kappa shape index (κ1) is 17.2. The Balaban J connectivity index is 1.66. The van der Waals surface area contributed by atoms with Gasteiger partial charge in [0.1, 0.15) is 17.3 Å². The van der Waals surface area contributed by atoms with Gasteiger partial charge in [-0.2, -0.15) is 0 Å². The standard InChI is InChI=1S/C20H18FN3O3/c1-24-11-17(22-23-24)13-5-3-12(4-6-13)9-14-10-16(20(25)26-2)18(21)15-7-8-27-19(14)15/h3-6,10-11H,7-9H2,1-2H3. The predicted molar refractivity (Wildman–Crippen MR) is 96.2 cm³/mol. The van der Waals surface area contributed by atoms with Crippen LogP contribution in [0.15, 0.2) is 36.5 Å². The average Bonchev–Trinajstić information content (AvgIpc) is 3.33. The zero-order valence-corrected chi connectivity index (χ0v) is 15.0. The number of hydrogen-bond donors (Lipinski definition) is 0. The van der Waals surface area contributed by atoms with E-state index in [1.807, 2.05) is 37.5 Å². The summed E-state index contributed by atoms with van der Waals surface area (Å²) in [6.45, 7) is 0.412. The smallest absolute Gasteiger partial charge is 0.340 e. The number of esters is 1. The molecule has 1 aliphatic heterocycles. The van der Waals surface area contributed by atoms with Gasteiger partial charge < -0.3 is 9.47 Å². The summed E-state index contributed by atoms with van der Waals surface area (Å²) in [5.41, 5.74) is 3.95. The molecule has 6 nitrogen and oxygen atoms in total. The summed E-state index contributed by atoms with van der Waals surface area (Å²) >= 11 is 0. The Labute approximate surface area is 155 Å². The van der Waals surface area contributed by atoms with Crippen LogP contribution >= 0.6 is 0 Å². The third-order valence-corrected chi connectivity index (χ3v) is 4.64. The highest BCUT2D eigenvalue weighted by Gasteiger charge is 2.26. The van der Waals surface area contributed by atoms with Crippen LogP contribution in [0.25, 0.3) is 11.3 Å². The normalized spacial score (nSPS) is 12.6. The van der Waals surface area contributed by atoms with Gasteiger partial charge in [0.05, 0.1) is 25.5 Å². The van der Waals surface area contributed by atoms with Crippen LogP contribution in [0, 0.1) is 5.82 Å². The maximum atomic E-state index is 14.6. The van der Waals surface area contributed by atoms with Crippen molar-refractivity contribution in [3.8, 4) is 17.0 Å². The van der Waals surface area contributed by atoms with E-state index >= 15 is 0 Å². The van der Waals surface area contributed by atoms with Gasteiger partial charge in [-0.3, -0.25) is 4.68 Å². The second kappa shape index (κ2) is 6.83. The van der Waals surface area contributed by atoms with Crippen molar-refractivity contribution >= 4 is 5.97 Å². The van der Waals surface area contributed by atoms with E-state index in [1.54, 1.807) is 4.68 Å². The molecule has 0 fully saturated rings. The highest BCUT2D eigenvalue weighted by Crippen LogP contribution is 2.35. The molecule has 3 aromatic rings. The van der Waals surface area contributed by atoms with Gasteiger partial charge in [-0.25, -0.2) is 9.18 Å². The van der Waals surface area contributed by atoms with Crippen LogP contribution in [0.4, 0.5) is 4.39 Å². The number of aromatic nitrogens is 3. The van der Waals surface area contributed by atoms with Crippen molar-refractivity contribution in [2.75, 3.05) is 13.7 Å². The van der Waals surface area contributed by atoms with Gasteiger partial charge in [0.2, 0.25) is 0 Å². The molecule has 0 atom stereocenters. The molecule has 0 radical (unpaired) electrons. The number of fused-ring (bicyclic) bond motifs is 1. The lowest BCUT2D eigenvalue weighted by molar-refractivity contribution is 0.0595. The fourth-order valence-corrected chi connectivity index (χ4v) is 3.30. The first-order valence-corrected chi connectivity index (χ1v) is 8.58. The first-order valence-electron chi connectivity index (χ1n) is 8.58. The largest absolute Gasteiger partial charge is 0.493 e. The average molecular weight is 367 g/mol. The number of benzene rings is 2. The highest BCUT2D eigenvalue weighted by atomic mass is 19.1. The fourth-order valence-electron chi connectivity index (χ4n) is 3.30. The summed E-state index contributed by atoms with van der Waals surface area (Å²) in [7, 11) is 3.06. The van der Waals surface area contributed by atoms with Gasteiger partial charge in [0, 0.05) is 31.0 Å². The number of methoxy groups -OCH3 is 1. The molecule has 0 bridgehead atoms. The lowest BCUT2D eigenvalue weighted by Gasteiger charge is -2.12. The number of halogens is 1. The molecule has 0 N–H and O–H groups in total. The van der Waals surface area contributed by atoms with E-state index in [4.69, 9.17) is 9.47 Å². The van der Waals surface area contributed by atoms with Gasteiger partial charge in [0.15, 0.2) is 0 Å². The van der Waals surface area contributed by atoms with Crippen molar-refractivity contribution < 1.29 is 18.7 Å². The number of hydrogen-bond acceptors (Lipinski definition) is 5. The zero-order valence-electron chi connectivity index (χ0n) is 15.0. The number of carbonyl (C=O) groups is 1. The molecule has 27 heavy (non-hydrogen) atoms. The Morgan fingerprint density at radius 1 is 1.33 bits per heavy atom. The van der Waals surface area contributed by atoms with Gasteiger partial charge in [0.25, 0.3) is 0 Å². The fraction of sp³-hybridized carbons (Fsp3) is 0.250. The van der Waals surface area contributed by atoms with Crippen LogP contribution in [0.5, 0.6) is 5.75 Å². The topological polar surface area (TPSA) is 66.2 Å². The summed E-state index contributed by atoms with van der Waals surface area (Å²) in [5, 5.41) is 8.03. The van der Waals surface area contributed by atoms with E-state index in [2.05, 4.69) is 10.3 Å². The van der Waals surface area contributed by atoms with Crippen molar-refractivity contribution in [2.24, 2.45) is 7.05 Å². The first-order chi connectivity index (χ1) is 13.1. The Bertz CT molecular complexity index is 1010. The van der Waals surface area contributed by atoms with E-state index in [0.717, 1.165) is 22.4 Å². The van der Waals surface area contributed by atoms with Crippen molar-refractivity contribution in [3.63, 3.8) is 0 Å². The van der Waals surface area contributed by atoms with Crippen LogP contribution in [0.1, 0.15) is 27.0 Å². The van der Waals surface area contributed by atoms with Gasteiger partial charge in [-0.15, -0.1) is 5.10 Å². The molecule has 0 saturated carbocycles. The molecule has 1 aromatic heterocycles. The van der Waals surface area contributed by atoms with Crippen molar-refractivity contribution in [3.05, 3.63) is 64.6 Å². The van der Waals surface area contributed by atoms with Crippen molar-refractivity contribution in [1.29, 1.82) is 0 Å². The van der Waals surface area contributed by atoms with E-state index in [9.17, 15) is 9.18 Å². The predicted octanol–water partition coefficient (Wildman–Crippen LogP) is 2.93. The van der Waals surface area contributed by atoms with Gasteiger partial charge in [-0.1, -0.05) is 29.5 Å². The molecule has 0 saturated heterocycles. The van der Waals surface area contributed by atoms with E-state index in [1.165, 1.54) is 13.2 Å². The minimum absolute atomic E-state index is 0.0482. The Kier molecular flexibility index (Phi) is 4.35. The Morgan fingerprint density at radius 2 is 2.11 bits per heavy atom.